The first-order valence-electron chi connectivity index (χ1n) is 10.6. The van der Waals surface area contributed by atoms with Crippen LogP contribution in [0.3, 0.4) is 0 Å². The van der Waals surface area contributed by atoms with Crippen LogP contribution in [0, 0.1) is 0 Å². The minimum atomic E-state index is -1.79. The third-order valence-corrected chi connectivity index (χ3v) is 5.37. The molecule has 33 heavy (non-hydrogen) atoms. The van der Waals surface area contributed by atoms with Crippen LogP contribution >= 0.6 is 0 Å². The number of cyclic esters (lactones) is 1. The minimum Gasteiger partial charge on any atom is -0.508 e. The molecule has 1 aliphatic rings. The predicted molar refractivity (Wildman–Crippen MR) is 122 cm³/mol. The molecule has 2 aromatic rings. The second-order valence-electron chi connectivity index (χ2n) is 8.02. The molecule has 0 saturated heterocycles. The van der Waals surface area contributed by atoms with Gasteiger partial charge < -0.3 is 24.4 Å². The van der Waals surface area contributed by atoms with Crippen molar-refractivity contribution in [2.24, 2.45) is 0 Å². The van der Waals surface area contributed by atoms with Gasteiger partial charge >= 0.3 is 11.9 Å². The molecule has 1 unspecified atom stereocenters. The van der Waals surface area contributed by atoms with E-state index in [1.807, 2.05) is 19.9 Å². The summed E-state index contributed by atoms with van der Waals surface area (Å²) in [5.41, 5.74) is 1.37. The van der Waals surface area contributed by atoms with E-state index in [1.165, 1.54) is 19.2 Å². The van der Waals surface area contributed by atoms with Crippen LogP contribution in [-0.4, -0.2) is 41.5 Å². The average Bonchev–Trinajstić information content (AvgIpc) is 3.06. The van der Waals surface area contributed by atoms with Crippen LogP contribution in [0.1, 0.15) is 37.5 Å². The number of phenols is 2. The Bertz CT molecular complexity index is 1110. The summed E-state index contributed by atoms with van der Waals surface area (Å²) in [5, 5.41) is 20.0. The molecule has 174 valence electrons. The van der Waals surface area contributed by atoms with Crippen LogP contribution in [0.15, 0.2) is 59.9 Å². The van der Waals surface area contributed by atoms with Crippen LogP contribution in [0.2, 0.25) is 0 Å². The molecule has 0 bridgehead atoms. The predicted octanol–water partition coefficient (Wildman–Crippen LogP) is 4.07. The smallest absolute Gasteiger partial charge is 0.375 e. The highest BCUT2D eigenvalue weighted by Gasteiger charge is 2.56. The summed E-state index contributed by atoms with van der Waals surface area (Å²) < 4.78 is 16.4. The lowest BCUT2D eigenvalue weighted by molar-refractivity contribution is -0.169. The van der Waals surface area contributed by atoms with Crippen molar-refractivity contribution in [1.82, 2.24) is 0 Å². The second kappa shape index (κ2) is 9.81. The van der Waals surface area contributed by atoms with Gasteiger partial charge in [0, 0.05) is 6.42 Å². The molecule has 2 N–H and O–H groups in total. The van der Waals surface area contributed by atoms with Crippen LogP contribution in [-0.2, 0) is 36.6 Å². The Hall–Kier alpha value is -3.74. The van der Waals surface area contributed by atoms with Gasteiger partial charge in [-0.2, -0.15) is 0 Å². The number of carbonyl (C=O) groups excluding carboxylic acids is 2. The number of hydrogen-bond donors (Lipinski definition) is 2. The quantitative estimate of drug-likeness (QED) is 0.460. The molecule has 1 aliphatic heterocycles. The van der Waals surface area contributed by atoms with E-state index in [1.54, 1.807) is 37.3 Å². The summed E-state index contributed by atoms with van der Waals surface area (Å²) in [6.07, 6.45) is 2.47. The molecule has 0 fully saturated rings. The number of esters is 2. The fourth-order valence-corrected chi connectivity index (χ4v) is 3.83. The van der Waals surface area contributed by atoms with E-state index in [0.29, 0.717) is 23.1 Å². The Labute approximate surface area is 192 Å². The van der Waals surface area contributed by atoms with Gasteiger partial charge in [-0.05, 0) is 62.1 Å². The van der Waals surface area contributed by atoms with Gasteiger partial charge in [-0.25, -0.2) is 9.59 Å². The van der Waals surface area contributed by atoms with E-state index in [0.717, 1.165) is 5.57 Å². The molecule has 7 heteroatoms. The topological polar surface area (TPSA) is 102 Å². The van der Waals surface area contributed by atoms with Crippen molar-refractivity contribution in [3.8, 4) is 11.5 Å². The molecule has 0 aromatic heterocycles. The summed E-state index contributed by atoms with van der Waals surface area (Å²) in [5.74, 6) is -1.43. The minimum absolute atomic E-state index is 0.0275. The number of methoxy groups -OCH3 is 1. The maximum Gasteiger partial charge on any atom is 0.375 e. The number of phenolic OH excluding ortho intramolecular Hbond substituents is 2. The Morgan fingerprint density at radius 1 is 1.12 bits per heavy atom. The van der Waals surface area contributed by atoms with Crippen molar-refractivity contribution >= 4 is 17.5 Å². The van der Waals surface area contributed by atoms with Crippen molar-refractivity contribution < 1.29 is 34.0 Å². The van der Waals surface area contributed by atoms with E-state index in [2.05, 4.69) is 0 Å². The zero-order valence-corrected chi connectivity index (χ0v) is 19.2. The van der Waals surface area contributed by atoms with Crippen LogP contribution < -0.4 is 0 Å². The number of hydrogen-bond acceptors (Lipinski definition) is 7. The van der Waals surface area contributed by atoms with Crippen LogP contribution in [0.25, 0.3) is 5.57 Å². The average molecular weight is 453 g/mol. The van der Waals surface area contributed by atoms with Crippen molar-refractivity contribution in [2.75, 3.05) is 13.7 Å². The lowest BCUT2D eigenvalue weighted by atomic mass is 9.83. The largest absolute Gasteiger partial charge is 0.508 e. The number of ether oxygens (including phenoxy) is 3. The molecule has 0 radical (unpaired) electrons. The molecule has 1 atom stereocenters. The summed E-state index contributed by atoms with van der Waals surface area (Å²) in [6, 6.07) is 11.1. The van der Waals surface area contributed by atoms with Gasteiger partial charge in [0.1, 0.15) is 11.5 Å². The Balaban J connectivity index is 2.16. The number of allylic oxidation sites excluding steroid dienone is 2. The van der Waals surface area contributed by atoms with Crippen molar-refractivity contribution in [3.63, 3.8) is 0 Å². The maximum atomic E-state index is 13.2. The van der Waals surface area contributed by atoms with Crippen molar-refractivity contribution in [3.05, 3.63) is 76.6 Å². The molecular weight excluding hydrogens is 424 g/mol. The first-order chi connectivity index (χ1) is 15.7. The molecular formula is C26H28O7. The lowest BCUT2D eigenvalue weighted by Gasteiger charge is -2.28. The Kier molecular flexibility index (Phi) is 7.11. The third-order valence-electron chi connectivity index (χ3n) is 5.37. The first kappa shape index (κ1) is 23.9. The molecule has 0 saturated carbocycles. The first-order valence-corrected chi connectivity index (χ1v) is 10.6. The molecule has 3 rings (SSSR count). The van der Waals surface area contributed by atoms with Gasteiger partial charge in [-0.15, -0.1) is 0 Å². The van der Waals surface area contributed by atoms with Gasteiger partial charge in [0.25, 0.3) is 0 Å². The highest BCUT2D eigenvalue weighted by atomic mass is 16.6. The molecule has 1 heterocycles. The van der Waals surface area contributed by atoms with Gasteiger partial charge in [0.05, 0.1) is 19.3 Å². The summed E-state index contributed by atoms with van der Waals surface area (Å²) >= 11 is 0. The fraction of sp³-hybridized carbons (Fsp3) is 0.308. The highest BCUT2D eigenvalue weighted by molar-refractivity contribution is 6.11. The van der Waals surface area contributed by atoms with E-state index in [9.17, 15) is 19.8 Å². The van der Waals surface area contributed by atoms with Gasteiger partial charge in [0.2, 0.25) is 11.4 Å². The van der Waals surface area contributed by atoms with Crippen LogP contribution in [0.5, 0.6) is 11.5 Å². The Morgan fingerprint density at radius 2 is 1.82 bits per heavy atom. The van der Waals surface area contributed by atoms with Gasteiger partial charge in [0.15, 0.2) is 0 Å². The van der Waals surface area contributed by atoms with Crippen molar-refractivity contribution in [1.29, 1.82) is 0 Å². The maximum absolute atomic E-state index is 13.2. The molecule has 2 aromatic carbocycles. The summed E-state index contributed by atoms with van der Waals surface area (Å²) in [6.45, 7) is 5.85. The summed E-state index contributed by atoms with van der Waals surface area (Å²) in [7, 11) is 1.22. The van der Waals surface area contributed by atoms with Crippen molar-refractivity contribution in [2.45, 2.75) is 39.2 Å². The zero-order chi connectivity index (χ0) is 24.2. The SMILES string of the molecule is CCOC1=C(c2ccc(O)cc2)C(Cc2ccc(O)c(CC=C(C)C)c2)(C(=O)OC)OC1=O. The highest BCUT2D eigenvalue weighted by Crippen LogP contribution is 2.44. The third kappa shape index (κ3) is 4.87. The normalized spacial score (nSPS) is 17.5. The van der Waals surface area contributed by atoms with E-state index in [-0.39, 0.29) is 35.9 Å². The van der Waals surface area contributed by atoms with E-state index >= 15 is 0 Å². The number of aromatic hydroxyl groups is 2. The Morgan fingerprint density at radius 3 is 2.42 bits per heavy atom. The van der Waals surface area contributed by atoms with E-state index < -0.39 is 17.5 Å². The van der Waals surface area contributed by atoms with Gasteiger partial charge in [-0.1, -0.05) is 35.9 Å². The standard InChI is InChI=1S/C26H28O7/c1-5-32-23-22(18-9-11-20(27)12-10-18)26(25(30)31-4,33-24(23)29)15-17-7-13-21(28)19(14-17)8-6-16(2)3/h6-7,9-14,27-28H,5,8,15H2,1-4H3. The zero-order valence-electron chi connectivity index (χ0n) is 19.2. The lowest BCUT2D eigenvalue weighted by Crippen LogP contribution is -2.44. The number of carbonyl (C=O) groups is 2. The molecule has 0 aliphatic carbocycles. The summed E-state index contributed by atoms with van der Waals surface area (Å²) in [4.78, 5) is 26.0. The second-order valence-corrected chi connectivity index (χ2v) is 8.02. The fourth-order valence-electron chi connectivity index (χ4n) is 3.83. The molecule has 0 amide bonds. The number of rotatable bonds is 8. The molecule has 7 nitrogen and oxygen atoms in total. The monoisotopic (exact) mass is 452 g/mol. The molecule has 0 spiro atoms. The van der Waals surface area contributed by atoms with Crippen LogP contribution in [0.4, 0.5) is 0 Å². The van der Waals surface area contributed by atoms with Gasteiger partial charge in [-0.3, -0.25) is 0 Å². The number of benzene rings is 2. The van der Waals surface area contributed by atoms with E-state index in [4.69, 9.17) is 14.2 Å².